The number of hydrogen-bond acceptors (Lipinski definition) is 3. The molecule has 0 aliphatic rings. The van der Waals surface area contributed by atoms with E-state index in [9.17, 15) is 17.2 Å². The molecule has 0 fully saturated rings. The summed E-state index contributed by atoms with van der Waals surface area (Å²) < 4.78 is 52.7. The van der Waals surface area contributed by atoms with Gasteiger partial charge in [0.2, 0.25) is 0 Å². The van der Waals surface area contributed by atoms with Crippen LogP contribution in [0.15, 0.2) is 41.3 Å². The molecule has 21 heavy (non-hydrogen) atoms. The standard InChI is InChI=1S/C13H7ClF2N2O2S/c14-10-5-8(7-17)1-4-13(10)21(19,20)18-12-6-9(15)2-3-11(12)16/h1-6,18H. The SMILES string of the molecule is N#Cc1ccc(S(=O)(=O)Nc2cc(F)ccc2F)c(Cl)c1. The lowest BCUT2D eigenvalue weighted by Gasteiger charge is -2.10. The Hall–Kier alpha value is -2.17. The molecule has 1 N–H and O–H groups in total. The number of nitriles is 1. The quantitative estimate of drug-likeness (QED) is 0.939. The van der Waals surface area contributed by atoms with Crippen LogP contribution in [0.4, 0.5) is 14.5 Å². The molecule has 0 atom stereocenters. The molecule has 0 aliphatic heterocycles. The minimum Gasteiger partial charge on any atom is -0.277 e. The molecule has 0 bridgehead atoms. The number of nitrogens with one attached hydrogen (secondary N) is 1. The van der Waals surface area contributed by atoms with Crippen molar-refractivity contribution < 1.29 is 17.2 Å². The van der Waals surface area contributed by atoms with Crippen molar-refractivity contribution in [3.8, 4) is 6.07 Å². The van der Waals surface area contributed by atoms with E-state index in [2.05, 4.69) is 0 Å². The maximum Gasteiger partial charge on any atom is 0.263 e. The van der Waals surface area contributed by atoms with Gasteiger partial charge in [-0.2, -0.15) is 5.26 Å². The zero-order valence-corrected chi connectivity index (χ0v) is 11.8. The third-order valence-electron chi connectivity index (χ3n) is 2.52. The predicted octanol–water partition coefficient (Wildman–Crippen LogP) is 3.29. The highest BCUT2D eigenvalue weighted by atomic mass is 35.5. The summed E-state index contributed by atoms with van der Waals surface area (Å²) in [6, 6.07) is 7.71. The van der Waals surface area contributed by atoms with Gasteiger partial charge in [0.1, 0.15) is 16.5 Å². The van der Waals surface area contributed by atoms with Crippen LogP contribution in [-0.4, -0.2) is 8.42 Å². The van der Waals surface area contributed by atoms with Gasteiger partial charge in [-0.3, -0.25) is 4.72 Å². The number of halogens is 3. The van der Waals surface area contributed by atoms with Crippen LogP contribution in [0.2, 0.25) is 5.02 Å². The first-order valence-corrected chi connectivity index (χ1v) is 7.37. The number of sulfonamides is 1. The Balaban J connectivity index is 2.44. The molecule has 0 aromatic heterocycles. The molecule has 108 valence electrons. The van der Waals surface area contributed by atoms with Gasteiger partial charge in [0.25, 0.3) is 10.0 Å². The van der Waals surface area contributed by atoms with Gasteiger partial charge in [-0.25, -0.2) is 17.2 Å². The fourth-order valence-electron chi connectivity index (χ4n) is 1.56. The van der Waals surface area contributed by atoms with E-state index in [-0.39, 0.29) is 15.5 Å². The van der Waals surface area contributed by atoms with Crippen molar-refractivity contribution in [3.05, 3.63) is 58.6 Å². The lowest BCUT2D eigenvalue weighted by atomic mass is 10.2. The molecule has 0 saturated carbocycles. The first-order valence-electron chi connectivity index (χ1n) is 5.51. The molecule has 0 amide bonds. The molecular formula is C13H7ClF2N2O2S. The maximum atomic E-state index is 13.5. The lowest BCUT2D eigenvalue weighted by Crippen LogP contribution is -2.14. The summed E-state index contributed by atoms with van der Waals surface area (Å²) in [6.45, 7) is 0. The smallest absolute Gasteiger partial charge is 0.263 e. The van der Waals surface area contributed by atoms with Gasteiger partial charge in [0.15, 0.2) is 0 Å². The minimum absolute atomic E-state index is 0.177. The average molecular weight is 329 g/mol. The third-order valence-corrected chi connectivity index (χ3v) is 4.37. The van der Waals surface area contributed by atoms with Crippen molar-refractivity contribution in [1.29, 1.82) is 5.26 Å². The molecule has 2 rings (SSSR count). The highest BCUT2D eigenvalue weighted by molar-refractivity contribution is 7.92. The summed E-state index contributed by atoms with van der Waals surface area (Å²) in [6.07, 6.45) is 0. The van der Waals surface area contributed by atoms with E-state index in [1.54, 1.807) is 6.07 Å². The Morgan fingerprint density at radius 1 is 1.14 bits per heavy atom. The molecule has 0 heterocycles. The predicted molar refractivity (Wildman–Crippen MR) is 73.3 cm³/mol. The molecule has 0 saturated heterocycles. The van der Waals surface area contributed by atoms with E-state index >= 15 is 0 Å². The summed E-state index contributed by atoms with van der Waals surface area (Å²) in [5, 5.41) is 8.50. The van der Waals surface area contributed by atoms with Gasteiger partial charge in [-0.15, -0.1) is 0 Å². The third kappa shape index (κ3) is 3.29. The van der Waals surface area contributed by atoms with Crippen LogP contribution in [-0.2, 0) is 10.0 Å². The average Bonchev–Trinajstić information content (AvgIpc) is 2.42. The van der Waals surface area contributed by atoms with Crippen LogP contribution < -0.4 is 4.72 Å². The highest BCUT2D eigenvalue weighted by Gasteiger charge is 2.20. The van der Waals surface area contributed by atoms with Crippen LogP contribution in [0.25, 0.3) is 0 Å². The Bertz CT molecular complexity index is 848. The van der Waals surface area contributed by atoms with Crippen molar-refractivity contribution in [3.63, 3.8) is 0 Å². The molecule has 0 unspecified atom stereocenters. The molecule has 0 radical (unpaired) electrons. The van der Waals surface area contributed by atoms with Crippen LogP contribution >= 0.6 is 11.6 Å². The molecule has 4 nitrogen and oxygen atoms in total. The molecule has 2 aromatic carbocycles. The zero-order valence-electron chi connectivity index (χ0n) is 10.3. The molecule has 0 spiro atoms. The van der Waals surface area contributed by atoms with Gasteiger partial charge in [0.05, 0.1) is 22.3 Å². The van der Waals surface area contributed by atoms with Crippen LogP contribution in [0.1, 0.15) is 5.56 Å². The Morgan fingerprint density at radius 3 is 2.48 bits per heavy atom. The fraction of sp³-hybridized carbons (Fsp3) is 0. The number of rotatable bonds is 3. The molecular weight excluding hydrogens is 322 g/mol. The van der Waals surface area contributed by atoms with E-state index in [0.717, 1.165) is 24.3 Å². The minimum atomic E-state index is -4.21. The van der Waals surface area contributed by atoms with Crippen molar-refractivity contribution in [2.45, 2.75) is 4.90 Å². The maximum absolute atomic E-state index is 13.5. The summed E-state index contributed by atoms with van der Waals surface area (Å²) in [7, 11) is -4.21. The topological polar surface area (TPSA) is 70.0 Å². The van der Waals surface area contributed by atoms with Crippen molar-refractivity contribution in [1.82, 2.24) is 0 Å². The van der Waals surface area contributed by atoms with Gasteiger partial charge in [0, 0.05) is 6.07 Å². The van der Waals surface area contributed by atoms with E-state index < -0.39 is 27.3 Å². The molecule has 0 aliphatic carbocycles. The number of anilines is 1. The van der Waals surface area contributed by atoms with E-state index in [1.165, 1.54) is 6.07 Å². The van der Waals surface area contributed by atoms with Crippen LogP contribution in [0, 0.1) is 23.0 Å². The Labute approximate surface area is 124 Å². The number of benzene rings is 2. The Morgan fingerprint density at radius 2 is 1.86 bits per heavy atom. The second-order valence-electron chi connectivity index (χ2n) is 3.99. The molecule has 8 heteroatoms. The fourth-order valence-corrected chi connectivity index (χ4v) is 3.17. The van der Waals surface area contributed by atoms with Gasteiger partial charge >= 0.3 is 0 Å². The van der Waals surface area contributed by atoms with Gasteiger partial charge in [-0.1, -0.05) is 11.6 Å². The van der Waals surface area contributed by atoms with Crippen LogP contribution in [0.3, 0.4) is 0 Å². The summed E-state index contributed by atoms with van der Waals surface area (Å²) in [4.78, 5) is -0.341. The summed E-state index contributed by atoms with van der Waals surface area (Å²) in [5.41, 5.74) is -0.355. The first kappa shape index (κ1) is 15.2. The second-order valence-corrected chi connectivity index (χ2v) is 6.04. The first-order chi connectivity index (χ1) is 9.83. The van der Waals surface area contributed by atoms with E-state index in [4.69, 9.17) is 16.9 Å². The summed E-state index contributed by atoms with van der Waals surface area (Å²) in [5.74, 6) is -1.72. The van der Waals surface area contributed by atoms with Gasteiger partial charge in [-0.05, 0) is 30.3 Å². The lowest BCUT2D eigenvalue weighted by molar-refractivity contribution is 0.594. The van der Waals surface area contributed by atoms with Gasteiger partial charge < -0.3 is 0 Å². The van der Waals surface area contributed by atoms with Crippen molar-refractivity contribution >= 4 is 27.3 Å². The largest absolute Gasteiger partial charge is 0.277 e. The zero-order chi connectivity index (χ0) is 15.6. The normalized spacial score (nSPS) is 11.0. The number of nitrogens with zero attached hydrogens (tertiary/aromatic N) is 1. The summed E-state index contributed by atoms with van der Waals surface area (Å²) >= 11 is 5.79. The highest BCUT2D eigenvalue weighted by Crippen LogP contribution is 2.26. The second kappa shape index (κ2) is 5.68. The van der Waals surface area contributed by atoms with Crippen molar-refractivity contribution in [2.24, 2.45) is 0 Å². The Kier molecular flexibility index (Phi) is 4.11. The molecule has 2 aromatic rings. The van der Waals surface area contributed by atoms with E-state index in [1.807, 2.05) is 4.72 Å². The van der Waals surface area contributed by atoms with Crippen LogP contribution in [0.5, 0.6) is 0 Å². The monoisotopic (exact) mass is 328 g/mol. The van der Waals surface area contributed by atoms with E-state index in [0.29, 0.717) is 6.07 Å². The number of hydrogen-bond donors (Lipinski definition) is 1. The van der Waals surface area contributed by atoms with Crippen molar-refractivity contribution in [2.75, 3.05) is 4.72 Å².